The standard InChI is InChI=1S/C56H35N3S/c1-2-15-39(16-3-1)53-57-54(40-32-28-37(29-33-40)43-20-12-17-36-14-4-5-18-42(36)43)59-55(58-53)41-34-30-38(31-35-41)44-21-13-25-49-52(44)45-19-6-7-22-46(45)56(49)47-23-8-10-26-50(47)60-51-27-11-9-24-48(51)56/h1-35H. The molecule has 1 aromatic heterocycles. The first-order valence-corrected chi connectivity index (χ1v) is 21.2. The molecule has 4 heteroatoms. The molecule has 1 aliphatic heterocycles. The molecule has 0 radical (unpaired) electrons. The molecule has 2 heterocycles. The van der Waals surface area contributed by atoms with Crippen molar-refractivity contribution in [3.63, 3.8) is 0 Å². The second-order valence-electron chi connectivity index (χ2n) is 15.5. The summed E-state index contributed by atoms with van der Waals surface area (Å²) >= 11 is 1.88. The molecule has 3 nitrogen and oxygen atoms in total. The molecule has 0 N–H and O–H groups in total. The number of rotatable bonds is 5. The quantitative estimate of drug-likeness (QED) is 0.174. The molecule has 0 amide bonds. The van der Waals surface area contributed by atoms with Crippen molar-refractivity contribution in [1.29, 1.82) is 0 Å². The predicted molar refractivity (Wildman–Crippen MR) is 246 cm³/mol. The van der Waals surface area contributed by atoms with Crippen LogP contribution >= 0.6 is 11.8 Å². The van der Waals surface area contributed by atoms with Gasteiger partial charge in [0, 0.05) is 26.5 Å². The van der Waals surface area contributed by atoms with Crippen LogP contribution in [0.5, 0.6) is 0 Å². The minimum absolute atomic E-state index is 0.414. The molecular weight excluding hydrogens is 747 g/mol. The summed E-state index contributed by atoms with van der Waals surface area (Å²) in [6.45, 7) is 0. The molecular formula is C56H35N3S. The van der Waals surface area contributed by atoms with E-state index in [-0.39, 0.29) is 0 Å². The van der Waals surface area contributed by atoms with Crippen molar-refractivity contribution in [2.24, 2.45) is 0 Å². The SMILES string of the molecule is c1ccc(-c2nc(-c3ccc(-c4cccc5c4-c4ccccc4C54c5ccccc5Sc5ccccc54)cc3)nc(-c3ccc(-c4cccc5ccccc45)cc3)n2)cc1. The van der Waals surface area contributed by atoms with E-state index in [1.54, 1.807) is 0 Å². The summed E-state index contributed by atoms with van der Waals surface area (Å²) in [6.07, 6.45) is 0. The molecule has 1 aliphatic carbocycles. The van der Waals surface area contributed by atoms with Gasteiger partial charge >= 0.3 is 0 Å². The molecule has 0 unspecified atom stereocenters. The third-order valence-electron chi connectivity index (χ3n) is 12.2. The largest absolute Gasteiger partial charge is 0.208 e. The van der Waals surface area contributed by atoms with Gasteiger partial charge in [0.15, 0.2) is 17.5 Å². The fourth-order valence-corrected chi connectivity index (χ4v) is 10.8. The maximum atomic E-state index is 5.12. The number of hydrogen-bond acceptors (Lipinski definition) is 4. The minimum Gasteiger partial charge on any atom is -0.208 e. The van der Waals surface area contributed by atoms with Crippen LogP contribution in [0.1, 0.15) is 22.3 Å². The van der Waals surface area contributed by atoms with Gasteiger partial charge in [-0.1, -0.05) is 212 Å². The summed E-state index contributed by atoms with van der Waals surface area (Å²) in [5.74, 6) is 1.92. The van der Waals surface area contributed by atoms with Gasteiger partial charge in [-0.3, -0.25) is 0 Å². The van der Waals surface area contributed by atoms with Crippen LogP contribution in [0.4, 0.5) is 0 Å². The molecule has 0 bridgehead atoms. The van der Waals surface area contributed by atoms with Crippen molar-refractivity contribution < 1.29 is 0 Å². The van der Waals surface area contributed by atoms with Gasteiger partial charge in [0.05, 0.1) is 5.41 Å². The summed E-state index contributed by atoms with van der Waals surface area (Å²) in [5, 5.41) is 2.46. The van der Waals surface area contributed by atoms with Gasteiger partial charge in [-0.15, -0.1) is 0 Å². The van der Waals surface area contributed by atoms with Crippen LogP contribution in [0.3, 0.4) is 0 Å². The van der Waals surface area contributed by atoms with Crippen LogP contribution in [0.15, 0.2) is 222 Å². The third-order valence-corrected chi connectivity index (χ3v) is 13.4. The maximum absolute atomic E-state index is 5.12. The van der Waals surface area contributed by atoms with Crippen molar-refractivity contribution in [2.45, 2.75) is 15.2 Å². The number of nitrogens with zero attached hydrogens (tertiary/aromatic N) is 3. The van der Waals surface area contributed by atoms with Gasteiger partial charge in [0.2, 0.25) is 0 Å². The zero-order chi connectivity index (χ0) is 39.6. The fourth-order valence-electron chi connectivity index (χ4n) is 9.57. The highest BCUT2D eigenvalue weighted by Gasteiger charge is 2.50. The van der Waals surface area contributed by atoms with Crippen LogP contribution in [-0.2, 0) is 5.41 Å². The van der Waals surface area contributed by atoms with E-state index in [1.165, 1.54) is 65.1 Å². The summed E-state index contributed by atoms with van der Waals surface area (Å²) in [6, 6.07) is 76.3. The predicted octanol–water partition coefficient (Wildman–Crippen LogP) is 14.2. The van der Waals surface area contributed by atoms with E-state index in [1.807, 2.05) is 30.0 Å². The highest BCUT2D eigenvalue weighted by atomic mass is 32.2. The van der Waals surface area contributed by atoms with Gasteiger partial charge in [0.1, 0.15) is 0 Å². The van der Waals surface area contributed by atoms with Crippen molar-refractivity contribution >= 4 is 22.5 Å². The Hall–Kier alpha value is -7.40. The van der Waals surface area contributed by atoms with Gasteiger partial charge < -0.3 is 0 Å². The van der Waals surface area contributed by atoms with Crippen molar-refractivity contribution in [3.05, 3.63) is 235 Å². The highest BCUT2D eigenvalue weighted by molar-refractivity contribution is 7.99. The first-order valence-electron chi connectivity index (χ1n) is 20.4. The Kier molecular flexibility index (Phi) is 8.00. The lowest BCUT2D eigenvalue weighted by Gasteiger charge is -2.39. The van der Waals surface area contributed by atoms with E-state index in [2.05, 4.69) is 194 Å². The molecule has 280 valence electrons. The third kappa shape index (κ3) is 5.35. The minimum atomic E-state index is -0.414. The second-order valence-corrected chi connectivity index (χ2v) is 16.6. The van der Waals surface area contributed by atoms with Gasteiger partial charge in [-0.2, -0.15) is 0 Å². The van der Waals surface area contributed by atoms with Crippen LogP contribution in [0.2, 0.25) is 0 Å². The van der Waals surface area contributed by atoms with Gasteiger partial charge in [-0.05, 0) is 78.5 Å². The van der Waals surface area contributed by atoms with Crippen LogP contribution in [0.25, 0.3) is 78.3 Å². The molecule has 2 aliphatic rings. The molecule has 9 aromatic carbocycles. The molecule has 12 rings (SSSR count). The van der Waals surface area contributed by atoms with E-state index >= 15 is 0 Å². The summed E-state index contributed by atoms with van der Waals surface area (Å²) in [5.41, 5.74) is 15.0. The van der Waals surface area contributed by atoms with Crippen molar-refractivity contribution in [1.82, 2.24) is 15.0 Å². The zero-order valence-corrected chi connectivity index (χ0v) is 33.3. The summed E-state index contributed by atoms with van der Waals surface area (Å²) in [4.78, 5) is 17.8. The lowest BCUT2D eigenvalue weighted by molar-refractivity contribution is 0.722. The highest BCUT2D eigenvalue weighted by Crippen LogP contribution is 2.63. The Balaban J connectivity index is 0.966. The normalized spacial score (nSPS) is 13.1. The lowest BCUT2D eigenvalue weighted by atomic mass is 9.67. The first-order chi connectivity index (χ1) is 29.7. The van der Waals surface area contributed by atoms with Gasteiger partial charge in [-0.25, -0.2) is 15.0 Å². The van der Waals surface area contributed by atoms with Crippen LogP contribution in [-0.4, -0.2) is 15.0 Å². The molecule has 0 fully saturated rings. The fraction of sp³-hybridized carbons (Fsp3) is 0.0179. The van der Waals surface area contributed by atoms with Crippen molar-refractivity contribution in [2.75, 3.05) is 0 Å². The summed E-state index contributed by atoms with van der Waals surface area (Å²) in [7, 11) is 0. The number of fused-ring (bicyclic) bond motifs is 10. The first kappa shape index (κ1) is 34.6. The Bertz CT molecular complexity index is 3230. The number of benzene rings is 9. The van der Waals surface area contributed by atoms with E-state index < -0.39 is 5.41 Å². The summed E-state index contributed by atoms with van der Waals surface area (Å²) < 4.78 is 0. The molecule has 1 spiro atoms. The van der Waals surface area contributed by atoms with Crippen LogP contribution in [0, 0.1) is 0 Å². The Labute approximate surface area is 353 Å². The van der Waals surface area contributed by atoms with E-state index in [0.717, 1.165) is 27.8 Å². The van der Waals surface area contributed by atoms with E-state index in [4.69, 9.17) is 15.0 Å². The molecule has 0 saturated carbocycles. The van der Waals surface area contributed by atoms with Crippen molar-refractivity contribution in [3.8, 4) is 67.5 Å². The monoisotopic (exact) mass is 781 g/mol. The second kappa shape index (κ2) is 13.9. The Morgan fingerprint density at radius 2 is 0.733 bits per heavy atom. The van der Waals surface area contributed by atoms with Crippen LogP contribution < -0.4 is 0 Å². The molecule has 60 heavy (non-hydrogen) atoms. The molecule has 0 atom stereocenters. The topological polar surface area (TPSA) is 38.7 Å². The Morgan fingerprint density at radius 1 is 0.300 bits per heavy atom. The van der Waals surface area contributed by atoms with E-state index in [9.17, 15) is 0 Å². The average molecular weight is 782 g/mol. The number of aromatic nitrogens is 3. The smallest absolute Gasteiger partial charge is 0.164 e. The lowest BCUT2D eigenvalue weighted by Crippen LogP contribution is -2.31. The molecule has 10 aromatic rings. The Morgan fingerprint density at radius 3 is 1.40 bits per heavy atom. The van der Waals surface area contributed by atoms with E-state index in [0.29, 0.717) is 17.5 Å². The zero-order valence-electron chi connectivity index (χ0n) is 32.5. The van der Waals surface area contributed by atoms with Gasteiger partial charge in [0.25, 0.3) is 0 Å². The molecule has 0 saturated heterocycles. The maximum Gasteiger partial charge on any atom is 0.164 e. The average Bonchev–Trinajstić information content (AvgIpc) is 3.62. The number of hydrogen-bond donors (Lipinski definition) is 0.